The number of hydrogen-bond donors (Lipinski definition) is 0. The van der Waals surface area contributed by atoms with Gasteiger partial charge in [0.25, 0.3) is 0 Å². The summed E-state index contributed by atoms with van der Waals surface area (Å²) in [4.78, 5) is 2.39. The molecule has 67 heavy (non-hydrogen) atoms. The van der Waals surface area contributed by atoms with Gasteiger partial charge in [-0.2, -0.15) is 0 Å². The molecule has 0 unspecified atom stereocenters. The number of para-hydroxylation sites is 5. The lowest BCUT2D eigenvalue weighted by atomic mass is 9.97. The molecule has 2 aromatic heterocycles. The molecule has 0 amide bonds. The van der Waals surface area contributed by atoms with E-state index in [9.17, 15) is 0 Å². The Morgan fingerprint density at radius 3 is 1.60 bits per heavy atom. The van der Waals surface area contributed by atoms with Crippen LogP contribution in [0.15, 0.2) is 259 Å². The van der Waals surface area contributed by atoms with Crippen LogP contribution in [0.4, 0.5) is 17.1 Å². The molecule has 0 atom stereocenters. The van der Waals surface area contributed by atoms with Crippen molar-refractivity contribution in [2.24, 2.45) is 0 Å². The van der Waals surface area contributed by atoms with Crippen LogP contribution in [0.1, 0.15) is 0 Å². The monoisotopic (exact) mass is 854 g/mol. The maximum absolute atomic E-state index is 6.27. The molecule has 0 bridgehead atoms. The molecule has 0 aliphatic rings. The normalized spacial score (nSPS) is 11.6. The first-order valence-corrected chi connectivity index (χ1v) is 22.9. The summed E-state index contributed by atoms with van der Waals surface area (Å²) in [5.74, 6) is 0. The fraction of sp³-hybridized carbons (Fsp3) is 0. The molecule has 0 saturated carbocycles. The van der Waals surface area contributed by atoms with Crippen LogP contribution in [0, 0.1) is 0 Å². The minimum atomic E-state index is 0.885. The van der Waals surface area contributed by atoms with Crippen molar-refractivity contribution in [1.82, 2.24) is 4.57 Å². The molecular formula is C64H42N2O. The van der Waals surface area contributed by atoms with Crippen molar-refractivity contribution >= 4 is 71.6 Å². The Balaban J connectivity index is 0.925. The Hall–Kier alpha value is -8.92. The van der Waals surface area contributed by atoms with Crippen LogP contribution in [0.3, 0.4) is 0 Å². The summed E-state index contributed by atoms with van der Waals surface area (Å²) in [7, 11) is 0. The molecule has 3 nitrogen and oxygen atoms in total. The molecule has 0 saturated heterocycles. The lowest BCUT2D eigenvalue weighted by Crippen LogP contribution is -2.11. The van der Waals surface area contributed by atoms with Crippen LogP contribution >= 0.6 is 0 Å². The summed E-state index contributed by atoms with van der Waals surface area (Å²) in [6.07, 6.45) is 0. The lowest BCUT2D eigenvalue weighted by molar-refractivity contribution is 0.669. The third-order valence-electron chi connectivity index (χ3n) is 13.4. The van der Waals surface area contributed by atoms with Gasteiger partial charge in [-0.15, -0.1) is 0 Å². The summed E-state index contributed by atoms with van der Waals surface area (Å²) in [5, 5.41) is 7.22. The van der Waals surface area contributed by atoms with E-state index >= 15 is 0 Å². The highest BCUT2D eigenvalue weighted by Gasteiger charge is 2.20. The number of furan rings is 1. The second-order valence-corrected chi connectivity index (χ2v) is 17.3. The summed E-state index contributed by atoms with van der Waals surface area (Å²) in [6, 6.07) is 92.0. The number of benzene rings is 11. The zero-order valence-corrected chi connectivity index (χ0v) is 36.6. The van der Waals surface area contributed by atoms with E-state index in [4.69, 9.17) is 4.42 Å². The third-order valence-corrected chi connectivity index (χ3v) is 13.4. The van der Waals surface area contributed by atoms with Gasteiger partial charge in [0.05, 0.1) is 22.4 Å². The Kier molecular flexibility index (Phi) is 9.17. The van der Waals surface area contributed by atoms with Crippen LogP contribution in [0.2, 0.25) is 0 Å². The van der Waals surface area contributed by atoms with Crippen molar-refractivity contribution < 1.29 is 4.42 Å². The van der Waals surface area contributed by atoms with Crippen molar-refractivity contribution in [3.63, 3.8) is 0 Å². The number of anilines is 3. The standard InChI is InChI=1S/C64H42N2O/c1-2-15-46-41-49(29-28-43(46)14-1)48-17-13-16-47(40-48)44-30-35-51(36-31-44)65(59-23-8-4-19-54(59)50-34-39-64-58(42-50)57-22-7-12-27-63(57)67-64)52-37-32-45(33-38-52)53-18-3-9-24-60(53)66-61-25-10-5-20-55(61)56-21-6-11-26-62(56)66/h1-42H. The largest absolute Gasteiger partial charge is 0.456 e. The average molecular weight is 855 g/mol. The van der Waals surface area contributed by atoms with Gasteiger partial charge < -0.3 is 13.9 Å². The quantitative estimate of drug-likeness (QED) is 0.152. The van der Waals surface area contributed by atoms with Crippen LogP contribution in [0.25, 0.3) is 105 Å². The highest BCUT2D eigenvalue weighted by atomic mass is 16.3. The third kappa shape index (κ3) is 6.67. The predicted molar refractivity (Wildman–Crippen MR) is 282 cm³/mol. The number of aromatic nitrogens is 1. The number of nitrogens with zero attached hydrogens (tertiary/aromatic N) is 2. The maximum Gasteiger partial charge on any atom is 0.135 e. The Morgan fingerprint density at radius 2 is 0.836 bits per heavy atom. The van der Waals surface area contributed by atoms with Crippen molar-refractivity contribution in [1.29, 1.82) is 0 Å². The molecule has 0 spiro atoms. The van der Waals surface area contributed by atoms with Gasteiger partial charge in [0.2, 0.25) is 0 Å². The van der Waals surface area contributed by atoms with Gasteiger partial charge in [0.1, 0.15) is 11.2 Å². The van der Waals surface area contributed by atoms with E-state index in [0.717, 1.165) is 66.9 Å². The topological polar surface area (TPSA) is 21.3 Å². The lowest BCUT2D eigenvalue weighted by Gasteiger charge is -2.28. The maximum atomic E-state index is 6.27. The summed E-state index contributed by atoms with van der Waals surface area (Å²) < 4.78 is 8.68. The molecule has 0 N–H and O–H groups in total. The molecule has 0 fully saturated rings. The molecule has 13 aromatic rings. The predicted octanol–water partition coefficient (Wildman–Crippen LogP) is 18.0. The van der Waals surface area contributed by atoms with E-state index in [2.05, 4.69) is 252 Å². The van der Waals surface area contributed by atoms with Crippen LogP contribution in [0.5, 0.6) is 0 Å². The smallest absolute Gasteiger partial charge is 0.135 e. The van der Waals surface area contributed by atoms with E-state index in [1.165, 1.54) is 54.8 Å². The zero-order chi connectivity index (χ0) is 44.3. The number of hydrogen-bond acceptors (Lipinski definition) is 2. The first-order valence-electron chi connectivity index (χ1n) is 22.9. The molecule has 3 heteroatoms. The first-order chi connectivity index (χ1) is 33.2. The van der Waals surface area contributed by atoms with E-state index < -0.39 is 0 Å². The minimum absolute atomic E-state index is 0.885. The van der Waals surface area contributed by atoms with E-state index in [-0.39, 0.29) is 0 Å². The summed E-state index contributed by atoms with van der Waals surface area (Å²) in [5.41, 5.74) is 17.8. The molecule has 13 rings (SSSR count). The van der Waals surface area contributed by atoms with Gasteiger partial charge in [0.15, 0.2) is 0 Å². The Morgan fingerprint density at radius 1 is 0.299 bits per heavy atom. The Bertz CT molecular complexity index is 3930. The van der Waals surface area contributed by atoms with Gasteiger partial charge in [-0.3, -0.25) is 0 Å². The van der Waals surface area contributed by atoms with Crippen molar-refractivity contribution in [3.8, 4) is 50.2 Å². The van der Waals surface area contributed by atoms with Crippen LogP contribution in [-0.4, -0.2) is 4.57 Å². The first kappa shape index (κ1) is 38.5. The second-order valence-electron chi connectivity index (χ2n) is 17.3. The molecule has 0 aliphatic carbocycles. The van der Waals surface area contributed by atoms with E-state index in [1.54, 1.807) is 0 Å². The van der Waals surface area contributed by atoms with Gasteiger partial charge in [-0.1, -0.05) is 176 Å². The molecule has 0 aliphatic heterocycles. The summed E-state index contributed by atoms with van der Waals surface area (Å²) in [6.45, 7) is 0. The molecular weight excluding hydrogens is 813 g/mol. The van der Waals surface area contributed by atoms with Gasteiger partial charge in [-0.25, -0.2) is 0 Å². The highest BCUT2D eigenvalue weighted by molar-refractivity contribution is 6.10. The number of fused-ring (bicyclic) bond motifs is 7. The van der Waals surface area contributed by atoms with Gasteiger partial charge in [-0.05, 0) is 123 Å². The van der Waals surface area contributed by atoms with E-state index in [1.807, 2.05) is 12.1 Å². The van der Waals surface area contributed by atoms with Crippen molar-refractivity contribution in [2.45, 2.75) is 0 Å². The molecule has 0 radical (unpaired) electrons. The molecule has 11 aromatic carbocycles. The average Bonchev–Trinajstić information content (AvgIpc) is 3.95. The van der Waals surface area contributed by atoms with Crippen LogP contribution < -0.4 is 4.90 Å². The minimum Gasteiger partial charge on any atom is -0.456 e. The van der Waals surface area contributed by atoms with Gasteiger partial charge in [0, 0.05) is 44.0 Å². The molecule has 314 valence electrons. The van der Waals surface area contributed by atoms with Crippen molar-refractivity contribution in [2.75, 3.05) is 4.90 Å². The van der Waals surface area contributed by atoms with Crippen molar-refractivity contribution in [3.05, 3.63) is 255 Å². The van der Waals surface area contributed by atoms with E-state index in [0.29, 0.717) is 0 Å². The SMILES string of the molecule is c1cc(-c2ccc(N(c3ccc(-c4ccccc4-n4c5ccccc5c5ccccc54)cc3)c3ccccc3-c3ccc4oc5ccccc5c4c3)cc2)cc(-c2ccc3ccccc3c2)c1. The fourth-order valence-corrected chi connectivity index (χ4v) is 10.2. The second kappa shape index (κ2) is 16.0. The zero-order valence-electron chi connectivity index (χ0n) is 36.6. The highest BCUT2D eigenvalue weighted by Crippen LogP contribution is 2.44. The number of rotatable bonds is 8. The van der Waals surface area contributed by atoms with Crippen LogP contribution in [-0.2, 0) is 0 Å². The summed E-state index contributed by atoms with van der Waals surface area (Å²) >= 11 is 0. The molecule has 2 heterocycles. The Labute approximate surface area is 388 Å². The van der Waals surface area contributed by atoms with Gasteiger partial charge >= 0.3 is 0 Å². The fourth-order valence-electron chi connectivity index (χ4n) is 10.2.